The molecule has 2 nitrogen and oxygen atoms in total. The molecule has 0 aromatic carbocycles. The predicted octanol–water partition coefficient (Wildman–Crippen LogP) is 2.81. The van der Waals surface area contributed by atoms with Gasteiger partial charge in [0.25, 0.3) is 0 Å². The van der Waals surface area contributed by atoms with Crippen LogP contribution in [0.1, 0.15) is 38.5 Å². The first-order valence-electron chi connectivity index (χ1n) is 6.16. The highest BCUT2D eigenvalue weighted by Gasteiger charge is 2.33. The highest BCUT2D eigenvalue weighted by molar-refractivity contribution is 9.09. The zero-order valence-corrected chi connectivity index (χ0v) is 10.8. The van der Waals surface area contributed by atoms with E-state index in [0.29, 0.717) is 17.7 Å². The Balaban J connectivity index is 1.80. The van der Waals surface area contributed by atoms with Gasteiger partial charge in [-0.15, -0.1) is 0 Å². The van der Waals surface area contributed by atoms with E-state index in [-0.39, 0.29) is 0 Å². The van der Waals surface area contributed by atoms with Gasteiger partial charge in [0, 0.05) is 30.3 Å². The quantitative estimate of drug-likeness (QED) is 0.560. The zero-order chi connectivity index (χ0) is 10.7. The standard InChI is InChI=1S/C12H20BrNO/c13-7-10-8-14(9-10)12(15)11-5-3-1-2-4-6-11/h10-11H,1-9H2. The Kier molecular flexibility index (Phi) is 4.06. The maximum Gasteiger partial charge on any atom is 0.225 e. The van der Waals surface area contributed by atoms with Crippen LogP contribution in [0.2, 0.25) is 0 Å². The normalized spacial score (nSPS) is 24.7. The van der Waals surface area contributed by atoms with Crippen LogP contribution >= 0.6 is 15.9 Å². The fourth-order valence-electron chi connectivity index (χ4n) is 2.63. The van der Waals surface area contributed by atoms with Crippen molar-refractivity contribution in [3.05, 3.63) is 0 Å². The van der Waals surface area contributed by atoms with Crippen molar-refractivity contribution in [1.29, 1.82) is 0 Å². The second-order valence-electron chi connectivity index (χ2n) is 4.95. The molecule has 15 heavy (non-hydrogen) atoms. The van der Waals surface area contributed by atoms with E-state index in [0.717, 1.165) is 31.3 Å². The third kappa shape index (κ3) is 2.74. The number of hydrogen-bond donors (Lipinski definition) is 0. The molecule has 0 radical (unpaired) electrons. The minimum Gasteiger partial charge on any atom is -0.342 e. The molecule has 1 saturated carbocycles. The van der Waals surface area contributed by atoms with Crippen LogP contribution in [-0.4, -0.2) is 29.2 Å². The summed E-state index contributed by atoms with van der Waals surface area (Å²) in [6.45, 7) is 1.97. The molecular weight excluding hydrogens is 254 g/mol. The van der Waals surface area contributed by atoms with Gasteiger partial charge >= 0.3 is 0 Å². The lowest BCUT2D eigenvalue weighted by Crippen LogP contribution is -2.52. The summed E-state index contributed by atoms with van der Waals surface area (Å²) in [5.41, 5.74) is 0. The maximum atomic E-state index is 12.1. The van der Waals surface area contributed by atoms with Crippen LogP contribution in [0.25, 0.3) is 0 Å². The molecule has 0 spiro atoms. The van der Waals surface area contributed by atoms with Gasteiger partial charge in [0.1, 0.15) is 0 Å². The first kappa shape index (κ1) is 11.4. The maximum absolute atomic E-state index is 12.1. The third-order valence-electron chi connectivity index (χ3n) is 3.69. The van der Waals surface area contributed by atoms with Gasteiger partial charge in [0.15, 0.2) is 0 Å². The first-order chi connectivity index (χ1) is 7.31. The lowest BCUT2D eigenvalue weighted by molar-refractivity contribution is -0.141. The van der Waals surface area contributed by atoms with Crippen LogP contribution in [-0.2, 0) is 4.79 Å². The van der Waals surface area contributed by atoms with Crippen LogP contribution in [0.5, 0.6) is 0 Å². The van der Waals surface area contributed by atoms with Gasteiger partial charge in [-0.05, 0) is 12.8 Å². The van der Waals surface area contributed by atoms with E-state index in [1.54, 1.807) is 0 Å². The van der Waals surface area contributed by atoms with E-state index < -0.39 is 0 Å². The van der Waals surface area contributed by atoms with Crippen molar-refractivity contribution in [2.45, 2.75) is 38.5 Å². The van der Waals surface area contributed by atoms with Crippen molar-refractivity contribution in [3.63, 3.8) is 0 Å². The Morgan fingerprint density at radius 3 is 2.27 bits per heavy atom. The van der Waals surface area contributed by atoms with Crippen LogP contribution < -0.4 is 0 Å². The predicted molar refractivity (Wildman–Crippen MR) is 65.1 cm³/mol. The molecule has 0 bridgehead atoms. The number of halogens is 1. The van der Waals surface area contributed by atoms with E-state index >= 15 is 0 Å². The van der Waals surface area contributed by atoms with Gasteiger partial charge < -0.3 is 4.90 Å². The number of hydrogen-bond acceptors (Lipinski definition) is 1. The van der Waals surface area contributed by atoms with Gasteiger partial charge in [-0.1, -0.05) is 41.6 Å². The summed E-state index contributed by atoms with van der Waals surface area (Å²) in [5.74, 6) is 1.50. The van der Waals surface area contributed by atoms with Crippen molar-refractivity contribution >= 4 is 21.8 Å². The highest BCUT2D eigenvalue weighted by Crippen LogP contribution is 2.27. The van der Waals surface area contributed by atoms with Gasteiger partial charge in [-0.25, -0.2) is 0 Å². The average molecular weight is 274 g/mol. The van der Waals surface area contributed by atoms with Gasteiger partial charge in [0.05, 0.1) is 0 Å². The van der Waals surface area contributed by atoms with Gasteiger partial charge in [-0.3, -0.25) is 4.79 Å². The molecule has 0 unspecified atom stereocenters. The number of amides is 1. The highest BCUT2D eigenvalue weighted by atomic mass is 79.9. The largest absolute Gasteiger partial charge is 0.342 e. The molecule has 3 heteroatoms. The molecule has 1 heterocycles. The van der Waals surface area contributed by atoms with Crippen molar-refractivity contribution in [3.8, 4) is 0 Å². The van der Waals surface area contributed by atoms with Crippen LogP contribution in [0.3, 0.4) is 0 Å². The Hall–Kier alpha value is -0.0500. The smallest absolute Gasteiger partial charge is 0.225 e. The molecule has 0 N–H and O–H groups in total. The number of rotatable bonds is 2. The third-order valence-corrected chi connectivity index (χ3v) is 4.61. The fourth-order valence-corrected chi connectivity index (χ4v) is 3.04. The second kappa shape index (κ2) is 5.33. The van der Waals surface area contributed by atoms with E-state index in [1.807, 2.05) is 0 Å². The number of likely N-dealkylation sites (tertiary alicyclic amines) is 1. The Bertz CT molecular complexity index is 218. The minimum atomic E-state index is 0.351. The molecule has 1 saturated heterocycles. The Labute approximate surface area is 101 Å². The molecule has 1 aliphatic carbocycles. The first-order valence-corrected chi connectivity index (χ1v) is 7.28. The lowest BCUT2D eigenvalue weighted by atomic mass is 9.94. The van der Waals surface area contributed by atoms with Crippen molar-refractivity contribution in [1.82, 2.24) is 4.90 Å². The Morgan fingerprint density at radius 2 is 1.73 bits per heavy atom. The molecule has 1 aliphatic heterocycles. The summed E-state index contributed by atoms with van der Waals surface area (Å²) in [4.78, 5) is 14.2. The molecule has 0 aromatic rings. The van der Waals surface area contributed by atoms with Crippen LogP contribution in [0.4, 0.5) is 0 Å². The summed E-state index contributed by atoms with van der Waals surface area (Å²) in [7, 11) is 0. The minimum absolute atomic E-state index is 0.351. The molecule has 2 aliphatic rings. The molecule has 2 rings (SSSR count). The molecule has 2 fully saturated rings. The van der Waals surface area contributed by atoms with E-state index in [2.05, 4.69) is 20.8 Å². The summed E-state index contributed by atoms with van der Waals surface area (Å²) in [6, 6.07) is 0. The summed E-state index contributed by atoms with van der Waals surface area (Å²) in [5, 5.41) is 1.04. The lowest BCUT2D eigenvalue weighted by Gasteiger charge is -2.40. The zero-order valence-electron chi connectivity index (χ0n) is 9.25. The van der Waals surface area contributed by atoms with Crippen molar-refractivity contribution in [2.24, 2.45) is 11.8 Å². The van der Waals surface area contributed by atoms with Crippen molar-refractivity contribution < 1.29 is 4.79 Å². The second-order valence-corrected chi connectivity index (χ2v) is 5.60. The van der Waals surface area contributed by atoms with Crippen LogP contribution in [0.15, 0.2) is 0 Å². The summed E-state index contributed by atoms with van der Waals surface area (Å²) in [6.07, 6.45) is 7.43. The number of nitrogens with zero attached hydrogens (tertiary/aromatic N) is 1. The van der Waals surface area contributed by atoms with Gasteiger partial charge in [0.2, 0.25) is 5.91 Å². The molecule has 1 amide bonds. The monoisotopic (exact) mass is 273 g/mol. The molecule has 0 aromatic heterocycles. The number of alkyl halides is 1. The molecular formula is C12H20BrNO. The van der Waals surface area contributed by atoms with Crippen molar-refractivity contribution in [2.75, 3.05) is 18.4 Å². The van der Waals surface area contributed by atoms with Crippen LogP contribution in [0, 0.1) is 11.8 Å². The molecule has 86 valence electrons. The average Bonchev–Trinajstić information content (AvgIpc) is 2.43. The summed E-state index contributed by atoms with van der Waals surface area (Å²) >= 11 is 3.47. The van der Waals surface area contributed by atoms with E-state index in [4.69, 9.17) is 0 Å². The van der Waals surface area contributed by atoms with E-state index in [9.17, 15) is 4.79 Å². The summed E-state index contributed by atoms with van der Waals surface area (Å²) < 4.78 is 0. The SMILES string of the molecule is O=C(C1CCCCCC1)N1CC(CBr)C1. The molecule has 0 atom stereocenters. The number of carbonyl (C=O) groups excluding carboxylic acids is 1. The fraction of sp³-hybridized carbons (Fsp3) is 0.917. The Morgan fingerprint density at radius 1 is 1.13 bits per heavy atom. The number of carbonyl (C=O) groups is 1. The van der Waals surface area contributed by atoms with E-state index in [1.165, 1.54) is 25.7 Å². The topological polar surface area (TPSA) is 20.3 Å². The van der Waals surface area contributed by atoms with Gasteiger partial charge in [-0.2, -0.15) is 0 Å².